The van der Waals surface area contributed by atoms with E-state index in [0.29, 0.717) is 29.0 Å². The lowest BCUT2D eigenvalue weighted by Crippen LogP contribution is -2.06. The van der Waals surface area contributed by atoms with Crippen molar-refractivity contribution in [3.8, 4) is 28.5 Å². The molecule has 0 bridgehead atoms. The second-order valence-corrected chi connectivity index (χ2v) is 7.86. The third-order valence-electron chi connectivity index (χ3n) is 5.47. The topological polar surface area (TPSA) is 110 Å². The number of nitrogens with zero attached hydrogens (tertiary/aromatic N) is 2. The summed E-state index contributed by atoms with van der Waals surface area (Å²) >= 11 is 0. The Morgan fingerprint density at radius 2 is 1.89 bits per heavy atom. The summed E-state index contributed by atoms with van der Waals surface area (Å²) in [6.07, 6.45) is 0.290. The summed E-state index contributed by atoms with van der Waals surface area (Å²) in [5, 5.41) is 13.9. The zero-order chi connectivity index (χ0) is 25.1. The van der Waals surface area contributed by atoms with Gasteiger partial charge in [0.25, 0.3) is 0 Å². The van der Waals surface area contributed by atoms with E-state index in [0.717, 1.165) is 5.56 Å². The number of halogens is 2. The van der Waals surface area contributed by atoms with Crippen molar-refractivity contribution in [1.29, 1.82) is 0 Å². The fraction of sp³-hybridized carbons (Fsp3) is 0.240. The molecule has 10 heteroatoms. The number of aromatic amines is 1. The van der Waals surface area contributed by atoms with Crippen molar-refractivity contribution in [2.24, 2.45) is 0 Å². The van der Waals surface area contributed by atoms with Crippen LogP contribution >= 0.6 is 0 Å². The minimum absolute atomic E-state index is 0.0155. The molecule has 8 nitrogen and oxygen atoms in total. The molecule has 0 saturated carbocycles. The number of hydrogen-bond donors (Lipinski definition) is 2. The van der Waals surface area contributed by atoms with Crippen molar-refractivity contribution in [3.05, 3.63) is 86.8 Å². The summed E-state index contributed by atoms with van der Waals surface area (Å²) in [5.74, 6) is -1.62. The van der Waals surface area contributed by atoms with E-state index in [4.69, 9.17) is 9.47 Å². The first-order chi connectivity index (χ1) is 16.8. The molecule has 0 saturated heterocycles. The van der Waals surface area contributed by atoms with Gasteiger partial charge in [-0.3, -0.25) is 9.51 Å². The van der Waals surface area contributed by atoms with Gasteiger partial charge >= 0.3 is 5.76 Å². The highest BCUT2D eigenvalue weighted by atomic mass is 19.1. The minimum atomic E-state index is -0.720. The first kappa shape index (κ1) is 23.9. The van der Waals surface area contributed by atoms with Gasteiger partial charge in [-0.2, -0.15) is 0 Å². The molecule has 0 spiro atoms. The number of rotatable bonds is 8. The number of aryl methyl sites for hydroxylation is 1. The Morgan fingerprint density at radius 1 is 1.09 bits per heavy atom. The summed E-state index contributed by atoms with van der Waals surface area (Å²) in [5.41, 5.74) is 3.20. The third-order valence-corrected chi connectivity index (χ3v) is 5.47. The number of aromatic nitrogens is 3. The van der Waals surface area contributed by atoms with Crippen LogP contribution in [0.1, 0.15) is 35.1 Å². The molecule has 182 valence electrons. The Hall–Kier alpha value is -4.21. The van der Waals surface area contributed by atoms with Gasteiger partial charge < -0.3 is 14.6 Å². The normalized spacial score (nSPS) is 11.0. The van der Waals surface area contributed by atoms with Gasteiger partial charge in [0.2, 0.25) is 0 Å². The van der Waals surface area contributed by atoms with Gasteiger partial charge in [-0.15, -0.1) is 0 Å². The second-order valence-electron chi connectivity index (χ2n) is 7.86. The average Bonchev–Trinajstić information content (AvgIpc) is 3.26. The summed E-state index contributed by atoms with van der Waals surface area (Å²) < 4.78 is 44.2. The average molecular weight is 483 g/mol. The highest BCUT2D eigenvalue weighted by Crippen LogP contribution is 2.33. The van der Waals surface area contributed by atoms with Crippen LogP contribution in [0.5, 0.6) is 17.2 Å². The van der Waals surface area contributed by atoms with E-state index in [2.05, 4.69) is 19.6 Å². The van der Waals surface area contributed by atoms with Gasteiger partial charge in [0.05, 0.1) is 6.61 Å². The largest absolute Gasteiger partial charge is 0.506 e. The van der Waals surface area contributed by atoms with E-state index < -0.39 is 17.4 Å². The summed E-state index contributed by atoms with van der Waals surface area (Å²) in [6, 6.07) is 8.95. The van der Waals surface area contributed by atoms with Gasteiger partial charge in [-0.25, -0.2) is 18.6 Å². The Kier molecular flexibility index (Phi) is 6.81. The quantitative estimate of drug-likeness (QED) is 0.377. The van der Waals surface area contributed by atoms with Crippen LogP contribution in [0.15, 0.2) is 45.7 Å². The minimum Gasteiger partial charge on any atom is -0.506 e. The number of benzene rings is 2. The molecule has 2 N–H and O–H groups in total. The molecule has 4 rings (SSSR count). The van der Waals surface area contributed by atoms with E-state index in [9.17, 15) is 14.3 Å². The predicted molar refractivity (Wildman–Crippen MR) is 123 cm³/mol. The molecule has 0 fully saturated rings. The predicted octanol–water partition coefficient (Wildman–Crippen LogP) is 4.59. The third kappa shape index (κ3) is 5.16. The molecule has 0 aliphatic heterocycles. The zero-order valence-corrected chi connectivity index (χ0v) is 19.3. The highest BCUT2D eigenvalue weighted by Gasteiger charge is 2.18. The van der Waals surface area contributed by atoms with Gasteiger partial charge in [0, 0.05) is 17.7 Å². The highest BCUT2D eigenvalue weighted by molar-refractivity contribution is 5.67. The number of H-pyrrole nitrogens is 1. The molecule has 0 aliphatic carbocycles. The van der Waals surface area contributed by atoms with Gasteiger partial charge in [-0.1, -0.05) is 5.16 Å². The molecular weight excluding hydrogens is 460 g/mol. The molecule has 0 aliphatic rings. The maximum Gasteiger partial charge on any atom is 0.439 e. The van der Waals surface area contributed by atoms with E-state index in [-0.39, 0.29) is 41.8 Å². The number of nitrogens with one attached hydrogen (secondary N) is 1. The monoisotopic (exact) mass is 483 g/mol. The van der Waals surface area contributed by atoms with Crippen molar-refractivity contribution in [3.63, 3.8) is 0 Å². The lowest BCUT2D eigenvalue weighted by Gasteiger charge is -2.15. The first-order valence-corrected chi connectivity index (χ1v) is 10.8. The lowest BCUT2D eigenvalue weighted by atomic mass is 9.97. The number of aromatic hydroxyl groups is 1. The summed E-state index contributed by atoms with van der Waals surface area (Å²) in [7, 11) is 0. The lowest BCUT2D eigenvalue weighted by molar-refractivity contribution is 0.271. The zero-order valence-electron chi connectivity index (χ0n) is 19.3. The summed E-state index contributed by atoms with van der Waals surface area (Å²) in [6.45, 7) is 5.34. The van der Waals surface area contributed by atoms with Gasteiger partial charge in [-0.05, 0) is 73.9 Å². The smallest absolute Gasteiger partial charge is 0.439 e. The molecule has 2 aromatic heterocycles. The van der Waals surface area contributed by atoms with Crippen LogP contribution in [0.3, 0.4) is 0 Å². The number of pyridine rings is 1. The molecule has 35 heavy (non-hydrogen) atoms. The molecule has 2 aromatic carbocycles. The Balaban J connectivity index is 1.61. The van der Waals surface area contributed by atoms with Crippen LogP contribution in [-0.4, -0.2) is 26.8 Å². The van der Waals surface area contributed by atoms with Crippen LogP contribution in [0.4, 0.5) is 8.78 Å². The number of ether oxygens (including phenoxy) is 2. The van der Waals surface area contributed by atoms with Crippen molar-refractivity contribution in [2.75, 3.05) is 6.61 Å². The second kappa shape index (κ2) is 9.96. The molecule has 0 atom stereocenters. The molecule has 4 aromatic rings. The van der Waals surface area contributed by atoms with E-state index in [1.54, 1.807) is 26.0 Å². The maximum absolute atomic E-state index is 15.1. The Morgan fingerprint density at radius 3 is 2.60 bits per heavy atom. The molecule has 0 unspecified atom stereocenters. The van der Waals surface area contributed by atoms with Gasteiger partial charge in [0.1, 0.15) is 18.1 Å². The van der Waals surface area contributed by atoms with E-state index >= 15 is 4.39 Å². The molecule has 0 radical (unpaired) electrons. The fourth-order valence-electron chi connectivity index (χ4n) is 3.71. The SMILES string of the molecule is CCOc1cc(-c2nc(Cc3c(C)cc(OCc4noc(=O)[nH]4)c(F)c3C)ccc2O)ccc1F. The van der Waals surface area contributed by atoms with Crippen LogP contribution in [0, 0.1) is 25.5 Å². The van der Waals surface area contributed by atoms with E-state index in [1.807, 2.05) is 6.92 Å². The first-order valence-electron chi connectivity index (χ1n) is 10.8. The van der Waals surface area contributed by atoms with E-state index in [1.165, 1.54) is 24.3 Å². The Bertz CT molecular complexity index is 1430. The fourth-order valence-corrected chi connectivity index (χ4v) is 3.71. The van der Waals surface area contributed by atoms with Crippen molar-refractivity contribution in [1.82, 2.24) is 15.1 Å². The Labute approximate surface area is 199 Å². The van der Waals surface area contributed by atoms with Crippen LogP contribution in [0.2, 0.25) is 0 Å². The summed E-state index contributed by atoms with van der Waals surface area (Å²) in [4.78, 5) is 17.9. The molecular formula is C25H23F2N3O5. The number of hydrogen-bond acceptors (Lipinski definition) is 7. The molecule has 0 amide bonds. The standard InChI is InChI=1S/C25H23F2N3O5/c1-4-33-20-10-15(5-7-18(20)26)24-19(31)8-6-16(28-24)11-17-13(2)9-21(23(27)14(17)3)34-12-22-29-25(32)35-30-22/h5-10,31H,4,11-12H2,1-3H3,(H,29,30,32). The van der Waals surface area contributed by atoms with Crippen molar-refractivity contribution >= 4 is 0 Å². The van der Waals surface area contributed by atoms with Crippen molar-refractivity contribution < 1.29 is 27.9 Å². The van der Waals surface area contributed by atoms with Gasteiger partial charge in [0.15, 0.2) is 29.0 Å². The van der Waals surface area contributed by atoms with Crippen LogP contribution in [0.25, 0.3) is 11.3 Å². The van der Waals surface area contributed by atoms with Crippen LogP contribution in [-0.2, 0) is 13.0 Å². The maximum atomic E-state index is 15.1. The molecule has 2 heterocycles. The van der Waals surface area contributed by atoms with Crippen LogP contribution < -0.4 is 15.2 Å². The van der Waals surface area contributed by atoms with Crippen molar-refractivity contribution in [2.45, 2.75) is 33.8 Å².